The Morgan fingerprint density at radius 3 is 2.57 bits per heavy atom. The summed E-state index contributed by atoms with van der Waals surface area (Å²) in [5.41, 5.74) is 4.23. The number of amides is 1. The zero-order valence-corrected chi connectivity index (χ0v) is 17.8. The number of nitrogens with one attached hydrogen (secondary N) is 1. The minimum absolute atomic E-state index is 0.0234. The molecule has 1 N–H and O–H groups in total. The number of aromatic nitrogens is 1. The second-order valence-corrected chi connectivity index (χ2v) is 7.16. The topological polar surface area (TPSA) is 67.0 Å². The summed E-state index contributed by atoms with van der Waals surface area (Å²) >= 11 is 6.13. The second kappa shape index (κ2) is 9.34. The zero-order valence-electron chi connectivity index (χ0n) is 17.1. The van der Waals surface area contributed by atoms with E-state index in [9.17, 15) is 10.1 Å². The molecule has 0 aliphatic carbocycles. The third-order valence-corrected chi connectivity index (χ3v) is 4.86. The van der Waals surface area contributed by atoms with Crippen molar-refractivity contribution in [3.63, 3.8) is 0 Å². The Labute approximate surface area is 181 Å². The van der Waals surface area contributed by atoms with Gasteiger partial charge in [0.2, 0.25) is 0 Å². The molecule has 0 aliphatic rings. The van der Waals surface area contributed by atoms with Crippen LogP contribution in [-0.2, 0) is 4.79 Å². The lowest BCUT2D eigenvalue weighted by molar-refractivity contribution is -0.112. The van der Waals surface area contributed by atoms with Crippen LogP contribution in [0.15, 0.2) is 60.2 Å². The Morgan fingerprint density at radius 1 is 1.20 bits per heavy atom. The number of anilines is 1. The normalized spacial score (nSPS) is 11.1. The molecule has 3 rings (SSSR count). The summed E-state index contributed by atoms with van der Waals surface area (Å²) in [6.45, 7) is 6.39. The molecule has 0 saturated heterocycles. The fourth-order valence-electron chi connectivity index (χ4n) is 3.25. The van der Waals surface area contributed by atoms with E-state index in [1.54, 1.807) is 30.3 Å². The van der Waals surface area contributed by atoms with Crippen LogP contribution in [0.3, 0.4) is 0 Å². The van der Waals surface area contributed by atoms with Gasteiger partial charge in [0.15, 0.2) is 0 Å². The molecule has 152 valence electrons. The summed E-state index contributed by atoms with van der Waals surface area (Å²) in [4.78, 5) is 12.6. The van der Waals surface area contributed by atoms with Crippen LogP contribution in [-0.4, -0.2) is 17.1 Å². The van der Waals surface area contributed by atoms with Crippen LogP contribution in [0, 0.1) is 25.2 Å². The fourth-order valence-corrected chi connectivity index (χ4v) is 3.43. The maximum Gasteiger partial charge on any atom is 0.266 e. The minimum atomic E-state index is -0.464. The number of hydrogen-bond acceptors (Lipinski definition) is 3. The number of ether oxygens (including phenoxy) is 1. The van der Waals surface area contributed by atoms with Gasteiger partial charge in [-0.25, -0.2) is 0 Å². The number of hydrogen-bond donors (Lipinski definition) is 1. The van der Waals surface area contributed by atoms with Crippen molar-refractivity contribution in [1.29, 1.82) is 5.26 Å². The first-order valence-corrected chi connectivity index (χ1v) is 9.91. The number of nitriles is 1. The van der Waals surface area contributed by atoms with E-state index in [-0.39, 0.29) is 5.57 Å². The first kappa shape index (κ1) is 21.2. The molecule has 5 nitrogen and oxygen atoms in total. The van der Waals surface area contributed by atoms with Crippen LogP contribution >= 0.6 is 11.6 Å². The van der Waals surface area contributed by atoms with Crippen molar-refractivity contribution in [1.82, 2.24) is 4.57 Å². The molecular weight excluding hydrogens is 398 g/mol. The highest BCUT2D eigenvalue weighted by Gasteiger charge is 2.14. The highest BCUT2D eigenvalue weighted by molar-refractivity contribution is 6.30. The smallest absolute Gasteiger partial charge is 0.266 e. The highest BCUT2D eigenvalue weighted by atomic mass is 35.5. The maximum absolute atomic E-state index is 12.6. The first-order valence-electron chi connectivity index (χ1n) is 9.53. The largest absolute Gasteiger partial charge is 0.494 e. The van der Waals surface area contributed by atoms with E-state index >= 15 is 0 Å². The summed E-state index contributed by atoms with van der Waals surface area (Å²) in [5.74, 6) is 0.259. The van der Waals surface area contributed by atoms with E-state index in [2.05, 4.69) is 5.32 Å². The molecular formula is C24H22ClN3O2. The van der Waals surface area contributed by atoms with Crippen LogP contribution in [0.2, 0.25) is 5.02 Å². The van der Waals surface area contributed by atoms with Gasteiger partial charge in [-0.3, -0.25) is 4.79 Å². The number of carbonyl (C=O) groups is 1. The predicted octanol–water partition coefficient (Wildman–Crippen LogP) is 5.69. The van der Waals surface area contributed by atoms with Gasteiger partial charge in [-0.05, 0) is 80.9 Å². The second-order valence-electron chi connectivity index (χ2n) is 6.72. The molecule has 3 aromatic rings. The first-order chi connectivity index (χ1) is 14.4. The van der Waals surface area contributed by atoms with Crippen molar-refractivity contribution in [3.8, 4) is 17.5 Å². The molecule has 6 heteroatoms. The van der Waals surface area contributed by atoms with Crippen LogP contribution in [0.25, 0.3) is 11.8 Å². The average molecular weight is 420 g/mol. The molecule has 1 heterocycles. The Kier molecular flexibility index (Phi) is 6.61. The lowest BCUT2D eigenvalue weighted by Crippen LogP contribution is -2.13. The Balaban J connectivity index is 1.86. The van der Waals surface area contributed by atoms with E-state index in [1.807, 2.05) is 61.7 Å². The summed E-state index contributed by atoms with van der Waals surface area (Å²) < 4.78 is 7.44. The molecule has 2 aromatic carbocycles. The van der Waals surface area contributed by atoms with E-state index in [4.69, 9.17) is 16.3 Å². The molecule has 30 heavy (non-hydrogen) atoms. The monoisotopic (exact) mass is 419 g/mol. The lowest BCUT2D eigenvalue weighted by atomic mass is 10.1. The van der Waals surface area contributed by atoms with Gasteiger partial charge in [0.05, 0.1) is 6.61 Å². The summed E-state index contributed by atoms with van der Waals surface area (Å²) in [6.07, 6.45) is 1.60. The number of benzene rings is 2. The Bertz CT molecular complexity index is 1140. The number of halogens is 1. The number of aryl methyl sites for hydroxylation is 1. The molecule has 0 atom stereocenters. The van der Waals surface area contributed by atoms with Crippen molar-refractivity contribution in [2.75, 3.05) is 11.9 Å². The predicted molar refractivity (Wildman–Crippen MR) is 120 cm³/mol. The van der Waals surface area contributed by atoms with Crippen molar-refractivity contribution >= 4 is 29.3 Å². The van der Waals surface area contributed by atoms with E-state index in [0.29, 0.717) is 17.3 Å². The molecule has 1 amide bonds. The molecule has 1 aromatic heterocycles. The van der Waals surface area contributed by atoms with Gasteiger partial charge in [0.1, 0.15) is 17.4 Å². The zero-order chi connectivity index (χ0) is 21.7. The van der Waals surface area contributed by atoms with Gasteiger partial charge in [0, 0.05) is 27.8 Å². The highest BCUT2D eigenvalue weighted by Crippen LogP contribution is 2.25. The molecule has 0 bridgehead atoms. The van der Waals surface area contributed by atoms with Gasteiger partial charge >= 0.3 is 0 Å². The molecule has 0 aliphatic heterocycles. The Hall–Kier alpha value is -3.49. The molecule has 0 radical (unpaired) electrons. The molecule has 0 saturated carbocycles. The third kappa shape index (κ3) is 4.73. The maximum atomic E-state index is 12.6. The van der Waals surface area contributed by atoms with Crippen molar-refractivity contribution in [2.24, 2.45) is 0 Å². The molecule has 0 spiro atoms. The van der Waals surface area contributed by atoms with Crippen LogP contribution in [0.5, 0.6) is 5.75 Å². The van der Waals surface area contributed by atoms with Gasteiger partial charge in [-0.2, -0.15) is 5.26 Å². The van der Waals surface area contributed by atoms with Crippen molar-refractivity contribution in [2.45, 2.75) is 20.8 Å². The van der Waals surface area contributed by atoms with Crippen LogP contribution in [0.4, 0.5) is 5.69 Å². The minimum Gasteiger partial charge on any atom is -0.494 e. The summed E-state index contributed by atoms with van der Waals surface area (Å²) in [5, 5.41) is 12.9. The standard InChI is InChI=1S/C24H22ClN3O2/c1-4-30-23-10-8-21(9-11-23)27-24(29)19(15-26)13-18-12-16(2)28(17(18)3)22-7-5-6-20(25)14-22/h5-14H,4H2,1-3H3,(H,27,29)/b19-13-. The molecule has 0 fully saturated rings. The van der Waals surface area contributed by atoms with E-state index < -0.39 is 5.91 Å². The van der Waals surface area contributed by atoms with Gasteiger partial charge in [-0.1, -0.05) is 17.7 Å². The number of nitrogens with zero attached hydrogens (tertiary/aromatic N) is 2. The quantitative estimate of drug-likeness (QED) is 0.412. The summed E-state index contributed by atoms with van der Waals surface area (Å²) in [7, 11) is 0. The van der Waals surface area contributed by atoms with Gasteiger partial charge in [-0.15, -0.1) is 0 Å². The van der Waals surface area contributed by atoms with Crippen molar-refractivity contribution < 1.29 is 9.53 Å². The van der Waals surface area contributed by atoms with Gasteiger partial charge < -0.3 is 14.6 Å². The van der Waals surface area contributed by atoms with Crippen LogP contribution < -0.4 is 10.1 Å². The van der Waals surface area contributed by atoms with E-state index in [0.717, 1.165) is 28.4 Å². The van der Waals surface area contributed by atoms with Crippen LogP contribution in [0.1, 0.15) is 23.9 Å². The third-order valence-electron chi connectivity index (χ3n) is 4.62. The van der Waals surface area contributed by atoms with E-state index in [1.165, 1.54) is 0 Å². The fraction of sp³-hybridized carbons (Fsp3) is 0.167. The Morgan fingerprint density at radius 2 is 1.93 bits per heavy atom. The average Bonchev–Trinajstić information content (AvgIpc) is 3.00. The van der Waals surface area contributed by atoms with Gasteiger partial charge in [0.25, 0.3) is 5.91 Å². The number of rotatable bonds is 6. The van der Waals surface area contributed by atoms with Crippen molar-refractivity contribution in [3.05, 3.63) is 82.1 Å². The molecule has 0 unspecified atom stereocenters. The number of carbonyl (C=O) groups excluding carboxylic acids is 1. The summed E-state index contributed by atoms with van der Waals surface area (Å²) in [6, 6.07) is 18.5. The SMILES string of the molecule is CCOc1ccc(NC(=O)/C(C#N)=C\c2cc(C)n(-c3cccc(Cl)c3)c2C)cc1. The lowest BCUT2D eigenvalue weighted by Gasteiger charge is -2.10.